The minimum atomic E-state index is -4.75. The molecule has 2 N–H and O–H groups in total. The highest BCUT2D eigenvalue weighted by Crippen LogP contribution is 2.17. The van der Waals surface area contributed by atoms with Crippen LogP contribution in [0.3, 0.4) is 0 Å². The van der Waals surface area contributed by atoms with Gasteiger partial charge in [-0.25, -0.2) is 4.79 Å². The molecule has 2 aromatic rings. The lowest BCUT2D eigenvalue weighted by molar-refractivity contribution is 0.185. The fourth-order valence-electron chi connectivity index (χ4n) is 1.90. The molecular weight excluding hydrogens is 323 g/mol. The summed E-state index contributed by atoms with van der Waals surface area (Å²) in [5.74, 6) is 0. The highest BCUT2D eigenvalue weighted by atomic mass is 32.3. The molecule has 0 atom stereocenters. The third-order valence-electron chi connectivity index (χ3n) is 2.89. The highest BCUT2D eigenvalue weighted by Gasteiger charge is 2.11. The average molecular weight is 338 g/mol. The smallest absolute Gasteiger partial charge is 0.332 e. The van der Waals surface area contributed by atoms with Gasteiger partial charge >= 0.3 is 16.3 Å². The number of methoxy groups -OCH3 is 1. The molecule has 0 aliphatic rings. The van der Waals surface area contributed by atoms with E-state index in [1.54, 1.807) is 25.3 Å². The molecule has 2 aromatic carbocycles. The molecule has 0 radical (unpaired) electrons. The summed E-state index contributed by atoms with van der Waals surface area (Å²) in [5.41, 5.74) is 1.82. The maximum atomic E-state index is 12.8. The summed E-state index contributed by atoms with van der Waals surface area (Å²) in [6, 6.07) is 11.4. The minimum absolute atomic E-state index is 0.336. The zero-order chi connectivity index (χ0) is 16.9. The van der Waals surface area contributed by atoms with E-state index in [2.05, 4.69) is 10.6 Å². The molecule has 0 unspecified atom stereocenters. The van der Waals surface area contributed by atoms with E-state index in [4.69, 9.17) is 4.74 Å². The van der Waals surface area contributed by atoms with Crippen LogP contribution in [0.1, 0.15) is 5.56 Å². The second-order valence-corrected chi connectivity index (χ2v) is 6.02. The second kappa shape index (κ2) is 7.21. The molecule has 0 spiro atoms. The quantitative estimate of drug-likeness (QED) is 0.820. The van der Waals surface area contributed by atoms with Gasteiger partial charge in [-0.1, -0.05) is 12.1 Å². The Labute approximate surface area is 133 Å². The highest BCUT2D eigenvalue weighted by molar-refractivity contribution is 7.86. The molecule has 8 heteroatoms. The Kier molecular flexibility index (Phi) is 5.30. The van der Waals surface area contributed by atoms with Gasteiger partial charge in [0.2, 0.25) is 0 Å². The van der Waals surface area contributed by atoms with Crippen molar-refractivity contribution in [1.29, 1.82) is 0 Å². The van der Waals surface area contributed by atoms with Crippen molar-refractivity contribution in [3.63, 3.8) is 0 Å². The Morgan fingerprint density at radius 1 is 1.09 bits per heavy atom. The normalized spacial score (nSPS) is 11.0. The van der Waals surface area contributed by atoms with Crippen LogP contribution in [0.5, 0.6) is 0 Å². The van der Waals surface area contributed by atoms with E-state index in [0.29, 0.717) is 18.0 Å². The number of ether oxygens (including phenoxy) is 1. The predicted molar refractivity (Wildman–Crippen MR) is 84.5 cm³/mol. The number of hydrogen-bond donors (Lipinski definition) is 2. The SMILES string of the molecule is COCc1cccc(NC(=O)Nc2ccc(S(=O)(=O)F)cc2)c1. The van der Waals surface area contributed by atoms with Crippen molar-refractivity contribution in [1.82, 2.24) is 0 Å². The van der Waals surface area contributed by atoms with Gasteiger partial charge in [0.25, 0.3) is 0 Å². The summed E-state index contributed by atoms with van der Waals surface area (Å²) in [6.07, 6.45) is 0. The van der Waals surface area contributed by atoms with Crippen molar-refractivity contribution in [2.75, 3.05) is 17.7 Å². The number of nitrogens with one attached hydrogen (secondary N) is 2. The third-order valence-corrected chi connectivity index (χ3v) is 3.72. The van der Waals surface area contributed by atoms with Gasteiger partial charge in [0.15, 0.2) is 0 Å². The summed E-state index contributed by atoms with van der Waals surface area (Å²) in [4.78, 5) is 11.4. The first kappa shape index (κ1) is 16.9. The molecule has 0 aliphatic heterocycles. The molecule has 23 heavy (non-hydrogen) atoms. The van der Waals surface area contributed by atoms with Crippen LogP contribution >= 0.6 is 0 Å². The fraction of sp³-hybridized carbons (Fsp3) is 0.133. The van der Waals surface area contributed by atoms with Gasteiger partial charge in [-0.05, 0) is 42.0 Å². The van der Waals surface area contributed by atoms with Gasteiger partial charge in [0, 0.05) is 18.5 Å². The molecule has 0 saturated carbocycles. The summed E-state index contributed by atoms with van der Waals surface area (Å²) in [5, 5.41) is 5.16. The summed E-state index contributed by atoms with van der Waals surface area (Å²) < 4.78 is 39.2. The van der Waals surface area contributed by atoms with E-state index in [0.717, 1.165) is 17.7 Å². The summed E-state index contributed by atoms with van der Waals surface area (Å²) in [6.45, 7) is 0.427. The number of hydrogen-bond acceptors (Lipinski definition) is 4. The van der Waals surface area contributed by atoms with Crippen LogP contribution < -0.4 is 10.6 Å². The van der Waals surface area contributed by atoms with Crippen LogP contribution in [0.15, 0.2) is 53.4 Å². The Morgan fingerprint density at radius 3 is 2.35 bits per heavy atom. The molecule has 0 aromatic heterocycles. The van der Waals surface area contributed by atoms with Gasteiger partial charge in [0.1, 0.15) is 0 Å². The van der Waals surface area contributed by atoms with Gasteiger partial charge in [-0.15, -0.1) is 3.89 Å². The minimum Gasteiger partial charge on any atom is -0.380 e. The Bertz CT molecular complexity index is 791. The number of anilines is 2. The number of benzene rings is 2. The van der Waals surface area contributed by atoms with Crippen LogP contribution in [0.25, 0.3) is 0 Å². The molecule has 0 fully saturated rings. The standard InChI is InChI=1S/C15H15FN2O4S/c1-22-10-11-3-2-4-13(9-11)18-15(19)17-12-5-7-14(8-6-12)23(16,20)21/h2-9H,10H2,1H3,(H2,17,18,19). The summed E-state index contributed by atoms with van der Waals surface area (Å²) in [7, 11) is -3.17. The second-order valence-electron chi connectivity index (χ2n) is 4.67. The van der Waals surface area contributed by atoms with Crippen molar-refractivity contribution in [2.24, 2.45) is 0 Å². The first-order valence-electron chi connectivity index (χ1n) is 6.59. The van der Waals surface area contributed by atoms with Gasteiger partial charge < -0.3 is 15.4 Å². The Hall–Kier alpha value is -2.45. The first-order chi connectivity index (χ1) is 10.9. The van der Waals surface area contributed by atoms with Crippen LogP contribution in [0.2, 0.25) is 0 Å². The predicted octanol–water partition coefficient (Wildman–Crippen LogP) is 3.14. The van der Waals surface area contributed by atoms with Crippen LogP contribution in [0.4, 0.5) is 20.1 Å². The molecule has 0 bridgehead atoms. The lowest BCUT2D eigenvalue weighted by atomic mass is 10.2. The monoisotopic (exact) mass is 338 g/mol. The van der Waals surface area contributed by atoms with Crippen molar-refractivity contribution in [2.45, 2.75) is 11.5 Å². The molecule has 122 valence electrons. The number of carbonyl (C=O) groups is 1. The Morgan fingerprint density at radius 2 is 1.74 bits per heavy atom. The van der Waals surface area contributed by atoms with Crippen molar-refractivity contribution < 1.29 is 21.8 Å². The van der Waals surface area contributed by atoms with Gasteiger partial charge in [-0.3, -0.25) is 0 Å². The largest absolute Gasteiger partial charge is 0.380 e. The zero-order valence-corrected chi connectivity index (χ0v) is 13.1. The number of urea groups is 1. The average Bonchev–Trinajstić information content (AvgIpc) is 2.47. The third kappa shape index (κ3) is 5.04. The fourth-order valence-corrected chi connectivity index (χ4v) is 2.36. The maximum absolute atomic E-state index is 12.8. The van der Waals surface area contributed by atoms with Crippen LogP contribution in [-0.4, -0.2) is 21.6 Å². The number of carbonyl (C=O) groups excluding carboxylic acids is 1. The zero-order valence-electron chi connectivity index (χ0n) is 12.2. The van der Waals surface area contributed by atoms with E-state index in [1.807, 2.05) is 6.07 Å². The molecule has 2 rings (SSSR count). The maximum Gasteiger partial charge on any atom is 0.332 e. The molecule has 0 heterocycles. The number of amides is 2. The van der Waals surface area contributed by atoms with E-state index in [1.165, 1.54) is 12.1 Å². The van der Waals surface area contributed by atoms with Crippen LogP contribution in [0, 0.1) is 0 Å². The van der Waals surface area contributed by atoms with Crippen molar-refractivity contribution in [3.8, 4) is 0 Å². The topological polar surface area (TPSA) is 84.5 Å². The molecule has 0 saturated heterocycles. The number of halogens is 1. The van der Waals surface area contributed by atoms with E-state index in [9.17, 15) is 17.1 Å². The molecule has 2 amide bonds. The van der Waals surface area contributed by atoms with Crippen molar-refractivity contribution >= 4 is 27.6 Å². The van der Waals surface area contributed by atoms with E-state index >= 15 is 0 Å². The van der Waals surface area contributed by atoms with E-state index < -0.39 is 21.1 Å². The lowest BCUT2D eigenvalue weighted by Crippen LogP contribution is -2.19. The van der Waals surface area contributed by atoms with Crippen LogP contribution in [-0.2, 0) is 21.6 Å². The molecule has 6 nitrogen and oxygen atoms in total. The molecule has 0 aliphatic carbocycles. The first-order valence-corrected chi connectivity index (χ1v) is 7.97. The summed E-state index contributed by atoms with van der Waals surface area (Å²) >= 11 is 0. The van der Waals surface area contributed by atoms with Gasteiger partial charge in [-0.2, -0.15) is 8.42 Å². The van der Waals surface area contributed by atoms with Crippen molar-refractivity contribution in [3.05, 3.63) is 54.1 Å². The Balaban J connectivity index is 2.01. The van der Waals surface area contributed by atoms with E-state index in [-0.39, 0.29) is 0 Å². The van der Waals surface area contributed by atoms with Gasteiger partial charge in [0.05, 0.1) is 11.5 Å². The molecular formula is C15H15FN2O4S. The number of rotatable bonds is 5. The lowest BCUT2D eigenvalue weighted by Gasteiger charge is -2.09.